The van der Waals surface area contributed by atoms with Gasteiger partial charge in [0.15, 0.2) is 0 Å². The highest BCUT2D eigenvalue weighted by Crippen LogP contribution is 2.34. The van der Waals surface area contributed by atoms with Crippen molar-refractivity contribution in [2.24, 2.45) is 10.9 Å². The lowest BCUT2D eigenvalue weighted by Gasteiger charge is -2.06. The van der Waals surface area contributed by atoms with Crippen molar-refractivity contribution in [3.8, 4) is 0 Å². The molecule has 1 atom stereocenters. The summed E-state index contributed by atoms with van der Waals surface area (Å²) in [5.74, 6) is -1.07. The van der Waals surface area contributed by atoms with Crippen LogP contribution in [0.1, 0.15) is 5.56 Å². The number of carbonyl (C=O) groups is 1. The average molecular weight is 279 g/mol. The first-order valence-corrected chi connectivity index (χ1v) is 6.79. The van der Waals surface area contributed by atoms with Gasteiger partial charge in [-0.3, -0.25) is 4.79 Å². The second-order valence-corrected chi connectivity index (χ2v) is 5.00. The minimum atomic E-state index is -1.07. The van der Waals surface area contributed by atoms with Crippen LogP contribution in [0.2, 0.25) is 0 Å². The Bertz CT molecular complexity index is 638. The van der Waals surface area contributed by atoms with Crippen LogP contribution in [-0.2, 0) is 11.2 Å². The summed E-state index contributed by atoms with van der Waals surface area (Å²) in [7, 11) is 0. The van der Waals surface area contributed by atoms with Crippen molar-refractivity contribution in [3.63, 3.8) is 0 Å². The van der Waals surface area contributed by atoms with E-state index in [1.165, 1.54) is 11.8 Å². The van der Waals surface area contributed by atoms with Gasteiger partial charge in [-0.15, -0.1) is 16.7 Å². The monoisotopic (exact) mass is 279 g/mol. The number of aliphatic carboxylic acids is 1. The topological polar surface area (TPSA) is 109 Å². The highest BCUT2D eigenvalue weighted by Gasteiger charge is 2.17. The van der Waals surface area contributed by atoms with Crippen molar-refractivity contribution in [1.29, 1.82) is 0 Å². The number of benzene rings is 1. The molecule has 6 nitrogen and oxygen atoms in total. The summed E-state index contributed by atoms with van der Waals surface area (Å²) in [6.07, 6.45) is 3.72. The van der Waals surface area contributed by atoms with Gasteiger partial charge in [-0.2, -0.15) is 0 Å². The predicted molar refractivity (Wildman–Crippen MR) is 74.8 cm³/mol. The van der Waals surface area contributed by atoms with E-state index in [1.807, 2.05) is 12.3 Å². The zero-order valence-electron chi connectivity index (χ0n) is 10.2. The van der Waals surface area contributed by atoms with Crippen LogP contribution in [0.4, 0.5) is 5.69 Å². The number of fused-ring (bicyclic) bond motifs is 1. The highest BCUT2D eigenvalue weighted by molar-refractivity contribution is 7.98. The molecule has 0 aliphatic carbocycles. The molecule has 0 amide bonds. The molecule has 2 aromatic rings. The summed E-state index contributed by atoms with van der Waals surface area (Å²) in [5.41, 5.74) is 7.27. The summed E-state index contributed by atoms with van der Waals surface area (Å²) < 4.78 is 0. The Morgan fingerprint density at radius 2 is 2.32 bits per heavy atom. The van der Waals surface area contributed by atoms with Crippen molar-refractivity contribution in [3.05, 3.63) is 28.8 Å². The summed E-state index contributed by atoms with van der Waals surface area (Å²) >= 11 is 1.50. The second-order valence-electron chi connectivity index (χ2n) is 4.12. The molecule has 1 heterocycles. The number of aromatic amines is 1. The molecule has 1 aromatic heterocycles. The molecule has 19 heavy (non-hydrogen) atoms. The van der Waals surface area contributed by atoms with E-state index < -0.39 is 12.0 Å². The number of nitrogens with two attached hydrogens (primary N) is 1. The highest BCUT2D eigenvalue weighted by atomic mass is 32.2. The number of hydrogen-bond acceptors (Lipinski definition) is 5. The third-order valence-electron chi connectivity index (χ3n) is 2.91. The van der Waals surface area contributed by atoms with E-state index in [0.29, 0.717) is 16.6 Å². The number of nitrogens with one attached hydrogen (secondary N) is 1. The number of nitroso groups, excluding NO2 is 1. The standard InChI is InChI=1S/C12H13N3O3S/c1-19-7-3-9-11(10(4-7)15-18)6(5-14-9)2-8(13)12(16)17/h3-5,8,14H,2,13H2,1H3,(H,16,17). The van der Waals surface area contributed by atoms with Gasteiger partial charge in [-0.1, -0.05) is 0 Å². The van der Waals surface area contributed by atoms with Crippen LogP contribution in [0.3, 0.4) is 0 Å². The van der Waals surface area contributed by atoms with E-state index in [1.54, 1.807) is 12.3 Å². The number of rotatable bonds is 5. The fourth-order valence-corrected chi connectivity index (χ4v) is 2.43. The summed E-state index contributed by atoms with van der Waals surface area (Å²) in [6.45, 7) is 0. The zero-order valence-corrected chi connectivity index (χ0v) is 11.0. The Morgan fingerprint density at radius 1 is 1.58 bits per heavy atom. The van der Waals surface area contributed by atoms with Gasteiger partial charge in [-0.05, 0) is 29.1 Å². The minimum Gasteiger partial charge on any atom is -0.480 e. The van der Waals surface area contributed by atoms with Crippen LogP contribution in [-0.4, -0.2) is 28.4 Å². The Kier molecular flexibility index (Phi) is 3.87. The van der Waals surface area contributed by atoms with Gasteiger partial charge in [0.2, 0.25) is 0 Å². The van der Waals surface area contributed by atoms with Gasteiger partial charge in [0.25, 0.3) is 0 Å². The number of nitrogens with zero attached hydrogens (tertiary/aromatic N) is 1. The average Bonchev–Trinajstić information content (AvgIpc) is 2.80. The van der Waals surface area contributed by atoms with Crippen molar-refractivity contribution < 1.29 is 9.90 Å². The number of carboxylic acids is 1. The van der Waals surface area contributed by atoms with Crippen LogP contribution >= 0.6 is 11.8 Å². The number of hydrogen-bond donors (Lipinski definition) is 3. The van der Waals surface area contributed by atoms with Crippen LogP contribution in [0.15, 0.2) is 28.4 Å². The predicted octanol–water partition coefficient (Wildman–Crippen LogP) is 2.24. The molecular formula is C12H13N3O3S. The van der Waals surface area contributed by atoms with Gasteiger partial charge in [0.1, 0.15) is 11.7 Å². The normalized spacial score (nSPS) is 12.5. The Balaban J connectivity index is 2.52. The lowest BCUT2D eigenvalue weighted by atomic mass is 10.0. The minimum absolute atomic E-state index is 0.149. The molecule has 100 valence electrons. The fourth-order valence-electron chi connectivity index (χ4n) is 1.96. The molecule has 7 heteroatoms. The Hall–Kier alpha value is -1.86. The lowest BCUT2D eigenvalue weighted by Crippen LogP contribution is -2.32. The van der Waals surface area contributed by atoms with E-state index in [0.717, 1.165) is 10.4 Å². The third kappa shape index (κ3) is 2.61. The Labute approximate surface area is 113 Å². The SMILES string of the molecule is CSc1cc(N=O)c2c(CC(N)C(=O)O)c[nH]c2c1. The van der Waals surface area contributed by atoms with Crippen molar-refractivity contribution in [2.75, 3.05) is 6.26 Å². The molecule has 0 radical (unpaired) electrons. The van der Waals surface area contributed by atoms with Gasteiger partial charge < -0.3 is 15.8 Å². The maximum Gasteiger partial charge on any atom is 0.320 e. The van der Waals surface area contributed by atoms with Crippen LogP contribution in [0.5, 0.6) is 0 Å². The van der Waals surface area contributed by atoms with Crippen molar-refractivity contribution in [1.82, 2.24) is 4.98 Å². The molecule has 0 bridgehead atoms. The van der Waals surface area contributed by atoms with E-state index in [-0.39, 0.29) is 6.42 Å². The van der Waals surface area contributed by atoms with Gasteiger partial charge in [0.05, 0.1) is 0 Å². The summed E-state index contributed by atoms with van der Waals surface area (Å²) in [6, 6.07) is 2.58. The smallest absolute Gasteiger partial charge is 0.320 e. The molecular weight excluding hydrogens is 266 g/mol. The molecule has 0 aliphatic heterocycles. The number of thioether (sulfide) groups is 1. The number of H-pyrrole nitrogens is 1. The maximum atomic E-state index is 10.9. The lowest BCUT2D eigenvalue weighted by molar-refractivity contribution is -0.138. The van der Waals surface area contributed by atoms with Crippen LogP contribution < -0.4 is 5.73 Å². The zero-order chi connectivity index (χ0) is 14.0. The molecule has 0 saturated heterocycles. The first-order valence-electron chi connectivity index (χ1n) is 5.56. The maximum absolute atomic E-state index is 10.9. The number of aromatic nitrogens is 1. The number of carboxylic acid groups (broad SMARTS) is 1. The molecule has 1 aromatic carbocycles. The second kappa shape index (κ2) is 5.41. The van der Waals surface area contributed by atoms with E-state index >= 15 is 0 Å². The molecule has 1 unspecified atom stereocenters. The molecule has 0 saturated carbocycles. The fraction of sp³-hybridized carbons (Fsp3) is 0.250. The molecule has 2 rings (SSSR count). The molecule has 4 N–H and O–H groups in total. The molecule has 0 aliphatic rings. The Morgan fingerprint density at radius 3 is 2.89 bits per heavy atom. The summed E-state index contributed by atoms with van der Waals surface area (Å²) in [5, 5.41) is 12.5. The van der Waals surface area contributed by atoms with Gasteiger partial charge in [0, 0.05) is 28.4 Å². The summed E-state index contributed by atoms with van der Waals surface area (Å²) in [4.78, 5) is 25.7. The van der Waals surface area contributed by atoms with E-state index in [9.17, 15) is 9.70 Å². The van der Waals surface area contributed by atoms with Crippen molar-refractivity contribution in [2.45, 2.75) is 17.4 Å². The van der Waals surface area contributed by atoms with Crippen molar-refractivity contribution >= 4 is 34.3 Å². The van der Waals surface area contributed by atoms with Crippen LogP contribution in [0, 0.1) is 4.91 Å². The first kappa shape index (κ1) is 13.6. The quantitative estimate of drug-likeness (QED) is 0.574. The van der Waals surface area contributed by atoms with Gasteiger partial charge >= 0.3 is 5.97 Å². The van der Waals surface area contributed by atoms with Crippen LogP contribution in [0.25, 0.3) is 10.9 Å². The molecule has 0 spiro atoms. The largest absolute Gasteiger partial charge is 0.480 e. The van der Waals surface area contributed by atoms with E-state index in [4.69, 9.17) is 10.8 Å². The first-order chi connectivity index (χ1) is 9.06. The van der Waals surface area contributed by atoms with Gasteiger partial charge in [-0.25, -0.2) is 0 Å². The molecule has 0 fully saturated rings. The van der Waals surface area contributed by atoms with E-state index in [2.05, 4.69) is 10.2 Å². The third-order valence-corrected chi connectivity index (χ3v) is 3.61.